The minimum atomic E-state index is -0.444. The van der Waals surface area contributed by atoms with Crippen LogP contribution in [-0.4, -0.2) is 16.1 Å². The Labute approximate surface area is 192 Å². The van der Waals surface area contributed by atoms with Crippen LogP contribution in [0, 0.1) is 22.7 Å². The monoisotopic (exact) mass is 461 g/mol. The van der Waals surface area contributed by atoms with Gasteiger partial charge in [0.2, 0.25) is 5.91 Å². The average Bonchev–Trinajstić information content (AvgIpc) is 2.68. The molecule has 0 saturated carbocycles. The van der Waals surface area contributed by atoms with Crippen molar-refractivity contribution in [3.8, 4) is 6.07 Å². The number of aromatic nitrogens is 1. The number of nitriles is 1. The van der Waals surface area contributed by atoms with Crippen molar-refractivity contribution in [1.29, 1.82) is 5.26 Å². The van der Waals surface area contributed by atoms with E-state index in [-0.39, 0.29) is 11.3 Å². The van der Waals surface area contributed by atoms with Crippen molar-refractivity contribution in [2.75, 3.05) is 5.32 Å². The quantitative estimate of drug-likeness (QED) is 0.525. The van der Waals surface area contributed by atoms with E-state index in [0.717, 1.165) is 30.5 Å². The van der Waals surface area contributed by atoms with E-state index in [0.29, 0.717) is 32.2 Å². The maximum Gasteiger partial charge on any atom is 0.237 e. The van der Waals surface area contributed by atoms with E-state index in [1.807, 2.05) is 6.07 Å². The zero-order chi connectivity index (χ0) is 22.1. The lowest BCUT2D eigenvalue weighted by atomic mass is 9.71. The molecule has 158 valence electrons. The van der Waals surface area contributed by atoms with Crippen LogP contribution in [0.15, 0.2) is 29.3 Å². The number of benzene rings is 1. The van der Waals surface area contributed by atoms with Crippen molar-refractivity contribution in [2.24, 2.45) is 11.3 Å². The van der Waals surface area contributed by atoms with E-state index in [1.54, 1.807) is 25.1 Å². The average molecular weight is 462 g/mol. The number of nitrogens with one attached hydrogen (secondary N) is 1. The lowest BCUT2D eigenvalue weighted by Crippen LogP contribution is -2.28. The molecule has 4 nitrogen and oxygen atoms in total. The smallest absolute Gasteiger partial charge is 0.237 e. The lowest BCUT2D eigenvalue weighted by molar-refractivity contribution is -0.115. The Kier molecular flexibility index (Phi) is 7.02. The Bertz CT molecular complexity index is 1010. The van der Waals surface area contributed by atoms with Gasteiger partial charge in [0.25, 0.3) is 0 Å². The van der Waals surface area contributed by atoms with E-state index < -0.39 is 5.25 Å². The first-order chi connectivity index (χ1) is 14.1. The predicted molar refractivity (Wildman–Crippen MR) is 124 cm³/mol. The number of carbonyl (C=O) groups excluding carboxylic acids is 1. The number of hydrogen-bond acceptors (Lipinski definition) is 4. The number of fused-ring (bicyclic) bond motifs is 1. The zero-order valence-corrected chi connectivity index (χ0v) is 19.9. The third kappa shape index (κ3) is 5.29. The van der Waals surface area contributed by atoms with Crippen LogP contribution in [0.2, 0.25) is 10.0 Å². The van der Waals surface area contributed by atoms with E-state index in [2.05, 4.69) is 32.2 Å². The van der Waals surface area contributed by atoms with Gasteiger partial charge < -0.3 is 5.32 Å². The zero-order valence-electron chi connectivity index (χ0n) is 17.6. The van der Waals surface area contributed by atoms with Crippen LogP contribution < -0.4 is 5.32 Å². The molecule has 0 aliphatic heterocycles. The van der Waals surface area contributed by atoms with Gasteiger partial charge in [-0.15, -0.1) is 0 Å². The molecular weight excluding hydrogens is 437 g/mol. The number of rotatable bonds is 4. The van der Waals surface area contributed by atoms with Crippen LogP contribution in [0.5, 0.6) is 0 Å². The van der Waals surface area contributed by atoms with Crippen LogP contribution in [-0.2, 0) is 17.6 Å². The first-order valence-electron chi connectivity index (χ1n) is 9.94. The van der Waals surface area contributed by atoms with E-state index in [9.17, 15) is 10.1 Å². The van der Waals surface area contributed by atoms with Gasteiger partial charge in [-0.3, -0.25) is 4.79 Å². The summed E-state index contributed by atoms with van der Waals surface area (Å²) in [6, 6.07) is 9.14. The molecule has 1 amide bonds. The summed E-state index contributed by atoms with van der Waals surface area (Å²) in [5.74, 6) is 0.367. The molecule has 1 N–H and O–H groups in total. The van der Waals surface area contributed by atoms with Gasteiger partial charge in [0.15, 0.2) is 0 Å². The predicted octanol–water partition coefficient (Wildman–Crippen LogP) is 6.53. The van der Waals surface area contributed by atoms with Gasteiger partial charge in [0.05, 0.1) is 21.5 Å². The molecule has 2 atom stereocenters. The van der Waals surface area contributed by atoms with Crippen molar-refractivity contribution in [3.63, 3.8) is 0 Å². The molecular formula is C23H25Cl2N3OS. The maximum atomic E-state index is 12.7. The van der Waals surface area contributed by atoms with Gasteiger partial charge in [0.1, 0.15) is 11.1 Å². The molecule has 1 aliphatic rings. The van der Waals surface area contributed by atoms with Crippen molar-refractivity contribution < 1.29 is 4.79 Å². The molecule has 1 aromatic carbocycles. The number of halogens is 2. The number of thioether (sulfide) groups is 1. The summed E-state index contributed by atoms with van der Waals surface area (Å²) < 4.78 is 0. The number of anilines is 1. The van der Waals surface area contributed by atoms with E-state index in [4.69, 9.17) is 28.2 Å². The van der Waals surface area contributed by atoms with E-state index in [1.165, 1.54) is 11.8 Å². The molecule has 0 fully saturated rings. The molecule has 0 saturated heterocycles. The SMILES string of the molecule is CC(Sc1nc2c(cc1C#N)CC(C(C)(C)C)CC2)C(=O)Nc1ccc(Cl)cc1Cl. The highest BCUT2D eigenvalue weighted by molar-refractivity contribution is 8.00. The molecule has 2 unspecified atom stereocenters. The summed E-state index contributed by atoms with van der Waals surface area (Å²) in [6.07, 6.45) is 2.93. The van der Waals surface area contributed by atoms with Crippen LogP contribution in [0.3, 0.4) is 0 Å². The fourth-order valence-electron chi connectivity index (χ4n) is 3.60. The molecule has 2 aromatic rings. The Balaban J connectivity index is 1.76. The minimum Gasteiger partial charge on any atom is -0.324 e. The first-order valence-corrected chi connectivity index (χ1v) is 11.6. The van der Waals surface area contributed by atoms with Crippen molar-refractivity contribution >= 4 is 46.6 Å². The molecule has 30 heavy (non-hydrogen) atoms. The summed E-state index contributed by atoms with van der Waals surface area (Å²) in [5.41, 5.74) is 3.47. The second-order valence-electron chi connectivity index (χ2n) is 8.74. The summed E-state index contributed by atoms with van der Waals surface area (Å²) >= 11 is 13.4. The molecule has 1 aliphatic carbocycles. The number of aryl methyl sites for hydroxylation is 1. The second kappa shape index (κ2) is 9.18. The van der Waals surface area contributed by atoms with Crippen LogP contribution >= 0.6 is 35.0 Å². The summed E-state index contributed by atoms with van der Waals surface area (Å²) in [6.45, 7) is 8.58. The van der Waals surface area contributed by atoms with Gasteiger partial charge in [-0.1, -0.05) is 55.7 Å². The van der Waals surface area contributed by atoms with Crippen LogP contribution in [0.1, 0.15) is 50.9 Å². The molecule has 0 radical (unpaired) electrons. The highest BCUT2D eigenvalue weighted by Gasteiger charge is 2.30. The Morgan fingerprint density at radius 3 is 2.70 bits per heavy atom. The van der Waals surface area contributed by atoms with Gasteiger partial charge in [-0.2, -0.15) is 5.26 Å². The molecule has 1 aromatic heterocycles. The van der Waals surface area contributed by atoms with Crippen molar-refractivity contribution in [1.82, 2.24) is 4.98 Å². The third-order valence-corrected chi connectivity index (χ3v) is 7.19. The maximum absolute atomic E-state index is 12.7. The van der Waals surface area contributed by atoms with Crippen LogP contribution in [0.4, 0.5) is 5.69 Å². The standard InChI is InChI=1S/C23H25Cl2N3OS/c1-13(21(29)27-20-8-6-17(24)11-18(20)25)30-22-15(12-26)9-14-10-16(23(2,3)4)5-7-19(14)28-22/h6,8-9,11,13,16H,5,7,10H2,1-4H3,(H,27,29). The Morgan fingerprint density at radius 2 is 2.07 bits per heavy atom. The first kappa shape index (κ1) is 22.9. The normalized spacial score (nSPS) is 17.0. The summed E-state index contributed by atoms with van der Waals surface area (Å²) in [7, 11) is 0. The number of pyridine rings is 1. The highest BCUT2D eigenvalue weighted by Crippen LogP contribution is 2.38. The molecule has 0 spiro atoms. The fourth-order valence-corrected chi connectivity index (χ4v) is 4.95. The number of hydrogen-bond donors (Lipinski definition) is 1. The molecule has 0 bridgehead atoms. The highest BCUT2D eigenvalue weighted by atomic mass is 35.5. The van der Waals surface area contributed by atoms with Gasteiger partial charge >= 0.3 is 0 Å². The van der Waals surface area contributed by atoms with Crippen molar-refractivity contribution in [2.45, 2.75) is 57.2 Å². The molecule has 7 heteroatoms. The fraction of sp³-hybridized carbons (Fsp3) is 0.435. The second-order valence-corrected chi connectivity index (χ2v) is 10.9. The van der Waals surface area contributed by atoms with Gasteiger partial charge in [-0.25, -0.2) is 4.98 Å². The van der Waals surface area contributed by atoms with Crippen molar-refractivity contribution in [3.05, 3.63) is 51.1 Å². The topological polar surface area (TPSA) is 65.8 Å². The van der Waals surface area contributed by atoms with Gasteiger partial charge in [0, 0.05) is 10.7 Å². The molecule has 1 heterocycles. The minimum absolute atomic E-state index is 0.208. The largest absolute Gasteiger partial charge is 0.324 e. The number of nitrogens with zero attached hydrogens (tertiary/aromatic N) is 2. The van der Waals surface area contributed by atoms with Crippen LogP contribution in [0.25, 0.3) is 0 Å². The number of amides is 1. The Hall–Kier alpha value is -1.74. The third-order valence-electron chi connectivity index (χ3n) is 5.54. The lowest BCUT2D eigenvalue weighted by Gasteiger charge is -2.34. The Morgan fingerprint density at radius 1 is 1.33 bits per heavy atom. The van der Waals surface area contributed by atoms with E-state index >= 15 is 0 Å². The summed E-state index contributed by atoms with van der Waals surface area (Å²) in [5, 5.41) is 13.5. The number of carbonyl (C=O) groups is 1. The summed E-state index contributed by atoms with van der Waals surface area (Å²) in [4.78, 5) is 17.4. The van der Waals surface area contributed by atoms with Gasteiger partial charge in [-0.05, 0) is 67.3 Å². The molecule has 3 rings (SSSR count).